The molecule has 1 saturated heterocycles. The molecule has 0 aromatic heterocycles. The van der Waals surface area contributed by atoms with Crippen molar-refractivity contribution >= 4 is 5.91 Å². The molecule has 1 aliphatic rings. The van der Waals surface area contributed by atoms with E-state index in [-0.39, 0.29) is 5.91 Å². The van der Waals surface area contributed by atoms with Crippen molar-refractivity contribution in [3.63, 3.8) is 0 Å². The van der Waals surface area contributed by atoms with E-state index in [0.717, 1.165) is 0 Å². The van der Waals surface area contributed by atoms with Gasteiger partial charge >= 0.3 is 0 Å². The van der Waals surface area contributed by atoms with Gasteiger partial charge in [-0.3, -0.25) is 4.79 Å². The van der Waals surface area contributed by atoms with Crippen LogP contribution in [0.15, 0.2) is 0 Å². The molecule has 1 heterocycles. The number of nitrogens with one attached hydrogen (secondary N) is 1. The number of aliphatic hydroxyl groups excluding tert-OH is 3. The van der Waals surface area contributed by atoms with Crippen LogP contribution in [0.2, 0.25) is 0 Å². The van der Waals surface area contributed by atoms with E-state index in [2.05, 4.69) is 5.32 Å². The van der Waals surface area contributed by atoms with Gasteiger partial charge in [0.15, 0.2) is 0 Å². The minimum absolute atomic E-state index is 0.365. The first-order valence-corrected chi connectivity index (χ1v) is 4.62. The summed E-state index contributed by atoms with van der Waals surface area (Å²) in [5.41, 5.74) is 5.55. The molecule has 0 saturated carbocycles. The highest BCUT2D eigenvalue weighted by Gasteiger charge is 2.42. The second-order valence-electron chi connectivity index (χ2n) is 3.54. The third kappa shape index (κ3) is 2.64. The van der Waals surface area contributed by atoms with Crippen molar-refractivity contribution in [2.24, 2.45) is 5.73 Å². The van der Waals surface area contributed by atoms with Crippen molar-refractivity contribution in [1.29, 1.82) is 0 Å². The summed E-state index contributed by atoms with van der Waals surface area (Å²) in [6.07, 6.45) is -4.35. The Bertz CT molecular complexity index is 235. The highest BCUT2D eigenvalue weighted by molar-refractivity contribution is 5.73. The molecule has 1 unspecified atom stereocenters. The van der Waals surface area contributed by atoms with Crippen LogP contribution in [0.5, 0.6) is 0 Å². The lowest BCUT2D eigenvalue weighted by molar-refractivity contribution is -0.197. The highest BCUT2D eigenvalue weighted by Crippen LogP contribution is 2.18. The Kier molecular flexibility index (Phi) is 4.00. The van der Waals surface area contributed by atoms with Crippen LogP contribution in [0.1, 0.15) is 6.92 Å². The molecular formula is C8H16N2O5. The molecule has 88 valence electrons. The zero-order valence-corrected chi connectivity index (χ0v) is 8.33. The van der Waals surface area contributed by atoms with Gasteiger partial charge in [0.1, 0.15) is 24.5 Å². The van der Waals surface area contributed by atoms with Gasteiger partial charge in [-0.2, -0.15) is 0 Å². The van der Waals surface area contributed by atoms with Crippen LogP contribution in [-0.2, 0) is 9.53 Å². The Balaban J connectivity index is 2.69. The molecule has 0 radical (unpaired) electrons. The van der Waals surface area contributed by atoms with E-state index in [0.29, 0.717) is 0 Å². The number of amides is 1. The monoisotopic (exact) mass is 220 g/mol. The van der Waals surface area contributed by atoms with E-state index < -0.39 is 37.2 Å². The van der Waals surface area contributed by atoms with Gasteiger partial charge in [-0.1, -0.05) is 0 Å². The zero-order chi connectivity index (χ0) is 11.6. The molecule has 1 amide bonds. The molecule has 0 aliphatic carbocycles. The van der Waals surface area contributed by atoms with Gasteiger partial charge in [0, 0.05) is 6.92 Å². The van der Waals surface area contributed by atoms with E-state index in [1.807, 2.05) is 0 Å². The summed E-state index contributed by atoms with van der Waals surface area (Å²) in [6.45, 7) is 0.822. The first kappa shape index (κ1) is 12.3. The number of rotatable bonds is 2. The third-order valence-corrected chi connectivity index (χ3v) is 2.32. The SMILES string of the molecule is CC(=O)NC1O[C@H](CO)[C@@H](O)[C@H](O)[C@H]1N. The summed E-state index contributed by atoms with van der Waals surface area (Å²) in [5, 5.41) is 30.2. The van der Waals surface area contributed by atoms with Gasteiger partial charge in [-0.25, -0.2) is 0 Å². The summed E-state index contributed by atoms with van der Waals surface area (Å²) in [4.78, 5) is 10.8. The fourth-order valence-electron chi connectivity index (χ4n) is 1.47. The van der Waals surface area contributed by atoms with Crippen LogP contribution in [-0.4, -0.2) is 58.4 Å². The Hall–Kier alpha value is -0.730. The van der Waals surface area contributed by atoms with E-state index in [1.54, 1.807) is 0 Å². The molecule has 0 spiro atoms. The summed E-state index contributed by atoms with van der Waals surface area (Å²) in [7, 11) is 0. The first-order valence-electron chi connectivity index (χ1n) is 4.62. The number of ether oxygens (including phenoxy) is 1. The maximum atomic E-state index is 10.8. The number of nitrogens with two attached hydrogens (primary N) is 1. The summed E-state index contributed by atoms with van der Waals surface area (Å²) in [6, 6.07) is -0.924. The predicted molar refractivity (Wildman–Crippen MR) is 49.6 cm³/mol. The molecule has 7 heteroatoms. The van der Waals surface area contributed by atoms with E-state index >= 15 is 0 Å². The van der Waals surface area contributed by atoms with Gasteiger partial charge in [0.2, 0.25) is 5.91 Å². The summed E-state index contributed by atoms with van der Waals surface area (Å²) in [5.74, 6) is -0.365. The van der Waals surface area contributed by atoms with Gasteiger partial charge in [-0.15, -0.1) is 0 Å². The predicted octanol–water partition coefficient (Wildman–Crippen LogP) is -3.11. The third-order valence-electron chi connectivity index (χ3n) is 2.32. The molecule has 1 rings (SSSR count). The smallest absolute Gasteiger partial charge is 0.218 e. The fraction of sp³-hybridized carbons (Fsp3) is 0.875. The van der Waals surface area contributed by atoms with Crippen molar-refractivity contribution < 1.29 is 24.9 Å². The fourth-order valence-corrected chi connectivity index (χ4v) is 1.47. The molecule has 1 fully saturated rings. The molecule has 0 aromatic carbocycles. The van der Waals surface area contributed by atoms with Crippen molar-refractivity contribution in [3.8, 4) is 0 Å². The maximum Gasteiger partial charge on any atom is 0.218 e. The number of aliphatic hydroxyl groups is 3. The van der Waals surface area contributed by atoms with Gasteiger partial charge < -0.3 is 31.1 Å². The Morgan fingerprint density at radius 1 is 1.47 bits per heavy atom. The van der Waals surface area contributed by atoms with Crippen LogP contribution in [0.25, 0.3) is 0 Å². The van der Waals surface area contributed by atoms with Crippen molar-refractivity contribution in [1.82, 2.24) is 5.32 Å². The van der Waals surface area contributed by atoms with E-state index in [9.17, 15) is 15.0 Å². The Morgan fingerprint density at radius 2 is 2.07 bits per heavy atom. The zero-order valence-electron chi connectivity index (χ0n) is 8.33. The molecule has 0 aromatic rings. The number of hydrogen-bond acceptors (Lipinski definition) is 6. The minimum Gasteiger partial charge on any atom is -0.394 e. The van der Waals surface area contributed by atoms with Crippen LogP contribution < -0.4 is 11.1 Å². The van der Waals surface area contributed by atoms with Crippen LogP contribution >= 0.6 is 0 Å². The highest BCUT2D eigenvalue weighted by atomic mass is 16.5. The van der Waals surface area contributed by atoms with Gasteiger partial charge in [0.05, 0.1) is 12.6 Å². The van der Waals surface area contributed by atoms with E-state index in [4.69, 9.17) is 15.6 Å². The lowest BCUT2D eigenvalue weighted by Gasteiger charge is -2.40. The van der Waals surface area contributed by atoms with Gasteiger partial charge in [-0.05, 0) is 0 Å². The molecule has 15 heavy (non-hydrogen) atoms. The Morgan fingerprint density at radius 3 is 2.53 bits per heavy atom. The van der Waals surface area contributed by atoms with Crippen molar-refractivity contribution in [2.75, 3.05) is 6.61 Å². The topological polar surface area (TPSA) is 125 Å². The van der Waals surface area contributed by atoms with Crippen LogP contribution in [0.3, 0.4) is 0 Å². The molecule has 0 bridgehead atoms. The molecule has 7 nitrogen and oxygen atoms in total. The number of hydrogen-bond donors (Lipinski definition) is 5. The van der Waals surface area contributed by atoms with Crippen molar-refractivity contribution in [3.05, 3.63) is 0 Å². The normalized spacial score (nSPS) is 41.3. The van der Waals surface area contributed by atoms with E-state index in [1.165, 1.54) is 6.92 Å². The number of carbonyl (C=O) groups is 1. The molecule has 5 atom stereocenters. The Labute approximate surface area is 86.8 Å². The molecule has 1 aliphatic heterocycles. The van der Waals surface area contributed by atoms with Gasteiger partial charge in [0.25, 0.3) is 0 Å². The maximum absolute atomic E-state index is 10.8. The molecular weight excluding hydrogens is 204 g/mol. The summed E-state index contributed by atoms with van der Waals surface area (Å²) < 4.78 is 5.12. The summed E-state index contributed by atoms with van der Waals surface area (Å²) >= 11 is 0. The standard InChI is InChI=1S/C8H16N2O5/c1-3(12)10-8-5(9)7(14)6(13)4(2-11)15-8/h4-8,11,13-14H,2,9H2,1H3,(H,10,12)/t4-,5-,6-,7-,8?/m1/s1. The average molecular weight is 220 g/mol. The van der Waals surface area contributed by atoms with Crippen LogP contribution in [0, 0.1) is 0 Å². The average Bonchev–Trinajstić information content (AvgIpc) is 2.18. The van der Waals surface area contributed by atoms with Crippen LogP contribution in [0.4, 0.5) is 0 Å². The largest absolute Gasteiger partial charge is 0.394 e. The second-order valence-corrected chi connectivity index (χ2v) is 3.54. The van der Waals surface area contributed by atoms with Crippen molar-refractivity contribution in [2.45, 2.75) is 37.5 Å². The second kappa shape index (κ2) is 4.86. The number of carbonyl (C=O) groups excluding carboxylic acids is 1. The lowest BCUT2D eigenvalue weighted by atomic mass is 9.97. The lowest BCUT2D eigenvalue weighted by Crippen LogP contribution is -2.66. The molecule has 6 N–H and O–H groups in total. The first-order chi connectivity index (χ1) is 6.97. The minimum atomic E-state index is -1.25. The quantitative estimate of drug-likeness (QED) is 0.335.